The van der Waals surface area contributed by atoms with Gasteiger partial charge in [-0.05, 0) is 75.7 Å². The Balaban J connectivity index is 0.000000748. The van der Waals surface area contributed by atoms with Gasteiger partial charge >= 0.3 is 11.0 Å². The smallest absolute Gasteiger partial charge is 0.485 e. The zero-order valence-corrected chi connectivity index (χ0v) is 47.6. The van der Waals surface area contributed by atoms with Crippen LogP contribution in [-0.4, -0.2) is 48.5 Å². The molecule has 4 aromatic rings. The lowest BCUT2D eigenvalue weighted by molar-refractivity contribution is -0.709. The number of nitrogens with two attached hydrogens (primary N) is 2. The van der Waals surface area contributed by atoms with Crippen LogP contribution >= 0.6 is 0 Å². The van der Waals surface area contributed by atoms with E-state index < -0.39 is 31.3 Å². The molecule has 0 bridgehead atoms. The number of rotatable bonds is 12. The highest BCUT2D eigenvalue weighted by Gasteiger charge is 2.44. The molecular formula is C60H66F6N4O8S2. The molecule has 0 saturated carbocycles. The minimum Gasteiger partial charge on any atom is -0.741 e. The summed E-state index contributed by atoms with van der Waals surface area (Å²) < 4.78 is 122. The van der Waals surface area contributed by atoms with Gasteiger partial charge in [-0.15, -0.1) is 0 Å². The number of nitrogens with zero attached hydrogens (tertiary/aromatic N) is 2. The van der Waals surface area contributed by atoms with E-state index in [0.717, 1.165) is 66.1 Å². The van der Waals surface area contributed by atoms with Crippen LogP contribution in [0.5, 0.6) is 0 Å². The van der Waals surface area contributed by atoms with E-state index in [1.54, 1.807) is 0 Å². The van der Waals surface area contributed by atoms with E-state index in [-0.39, 0.29) is 34.5 Å². The van der Waals surface area contributed by atoms with Crippen molar-refractivity contribution in [3.05, 3.63) is 203 Å². The van der Waals surface area contributed by atoms with Crippen LogP contribution in [-0.2, 0) is 29.8 Å². The quantitative estimate of drug-likeness (QED) is 0.0451. The first-order valence-electron chi connectivity index (χ1n) is 24.9. The summed E-state index contributed by atoms with van der Waals surface area (Å²) in [5.74, 6) is 0.272. The Labute approximate surface area is 464 Å². The molecule has 12 nitrogen and oxygen atoms in total. The van der Waals surface area contributed by atoms with Crippen LogP contribution in [0.3, 0.4) is 0 Å². The van der Waals surface area contributed by atoms with Crippen LogP contribution in [0.25, 0.3) is 21.5 Å². The highest BCUT2D eigenvalue weighted by atomic mass is 32.2. The summed E-state index contributed by atoms with van der Waals surface area (Å²) in [4.78, 5) is 27.5. The normalized spacial score (nSPS) is 19.3. The largest absolute Gasteiger partial charge is 0.741 e. The van der Waals surface area contributed by atoms with Gasteiger partial charge in [0.05, 0.1) is 0 Å². The van der Waals surface area contributed by atoms with Crippen molar-refractivity contribution in [2.24, 2.45) is 10.8 Å². The lowest BCUT2D eigenvalue weighted by Crippen LogP contribution is -2.48. The molecule has 428 valence electrons. The van der Waals surface area contributed by atoms with E-state index in [2.05, 4.69) is 128 Å². The molecule has 2 aliphatic rings. The minimum absolute atomic E-state index is 0.136. The van der Waals surface area contributed by atoms with Crippen molar-refractivity contribution in [3.8, 4) is 0 Å². The molecule has 2 aromatic carbocycles. The molecule has 0 aliphatic heterocycles. The van der Waals surface area contributed by atoms with Gasteiger partial charge in [0, 0.05) is 45.5 Å². The SMILES string of the molecule is CC1=C(/C=C/C(C)=C/C=C/C(C)=C/C=C/C=C(C)/C=C/C=C(C)/C=C/C2=C(C)C(=O)C([n+]3cc(N)c4ccccc4c3)CC2(C)C)C(C)(C)CC([n+]2cc(N)c3ccccc3c2)C1=O.O=S(=O)([O-])C(F)(F)F.O=S(=O)([O-])C(F)(F)F. The third-order valence-electron chi connectivity index (χ3n) is 13.3. The number of Topliss-reactive ketones (excluding diaryl/α,β-unsaturated/α-hetero) is 2. The molecule has 0 radical (unpaired) electrons. The number of halogens is 6. The lowest BCUT2D eigenvalue weighted by atomic mass is 9.70. The Hall–Kier alpha value is -7.26. The van der Waals surface area contributed by atoms with E-state index in [0.29, 0.717) is 24.2 Å². The van der Waals surface area contributed by atoms with E-state index >= 15 is 0 Å². The summed E-state index contributed by atoms with van der Waals surface area (Å²) in [7, 11) is -12.2. The molecule has 2 unspecified atom stereocenters. The number of anilines is 2. The minimum atomic E-state index is -6.09. The summed E-state index contributed by atoms with van der Waals surface area (Å²) in [6.07, 6.45) is 38.5. The first kappa shape index (κ1) is 65.3. The van der Waals surface area contributed by atoms with Gasteiger partial charge in [-0.25, -0.2) is 16.8 Å². The second kappa shape index (κ2) is 26.3. The van der Waals surface area contributed by atoms with Crippen LogP contribution in [0, 0.1) is 10.8 Å². The van der Waals surface area contributed by atoms with Crippen molar-refractivity contribution < 1.29 is 71.0 Å². The molecule has 0 fully saturated rings. The number of pyridine rings is 2. The van der Waals surface area contributed by atoms with Gasteiger partial charge in [-0.1, -0.05) is 171 Å². The first-order valence-corrected chi connectivity index (χ1v) is 27.7. The second-order valence-corrected chi connectivity index (χ2v) is 23.5. The second-order valence-electron chi connectivity index (χ2n) is 20.7. The fraction of sp³-hybridized carbons (Fsp3) is 0.300. The van der Waals surface area contributed by atoms with Crippen molar-refractivity contribution in [2.45, 2.75) is 105 Å². The average Bonchev–Trinajstić information content (AvgIpc) is 3.34. The third kappa shape index (κ3) is 17.6. The topological polar surface area (TPSA) is 208 Å². The van der Waals surface area contributed by atoms with E-state index in [9.17, 15) is 35.9 Å². The van der Waals surface area contributed by atoms with Gasteiger partial charge in [0.15, 0.2) is 45.0 Å². The van der Waals surface area contributed by atoms with E-state index in [1.165, 1.54) is 0 Å². The third-order valence-corrected chi connectivity index (χ3v) is 14.4. The van der Waals surface area contributed by atoms with Gasteiger partial charge in [0.2, 0.25) is 23.7 Å². The maximum absolute atomic E-state index is 13.7. The Morgan fingerprint density at radius 2 is 0.825 bits per heavy atom. The molecule has 80 heavy (non-hydrogen) atoms. The molecular weight excluding hydrogens is 1080 g/mol. The number of carbonyl (C=O) groups is 2. The Bertz CT molecular complexity index is 3380. The fourth-order valence-corrected chi connectivity index (χ4v) is 9.07. The number of carbonyl (C=O) groups excluding carboxylic acids is 2. The number of aromatic nitrogens is 2. The molecule has 6 rings (SSSR count). The highest BCUT2D eigenvalue weighted by molar-refractivity contribution is 7.86. The molecule has 0 saturated heterocycles. The van der Waals surface area contributed by atoms with Crippen molar-refractivity contribution in [1.82, 2.24) is 0 Å². The van der Waals surface area contributed by atoms with Crippen molar-refractivity contribution >= 4 is 64.7 Å². The van der Waals surface area contributed by atoms with Crippen molar-refractivity contribution in [2.75, 3.05) is 11.5 Å². The van der Waals surface area contributed by atoms with Crippen molar-refractivity contribution in [1.29, 1.82) is 0 Å². The average molecular weight is 1150 g/mol. The van der Waals surface area contributed by atoms with Crippen molar-refractivity contribution in [3.63, 3.8) is 0 Å². The summed E-state index contributed by atoms with van der Waals surface area (Å²) in [5.41, 5.74) is 10.7. The van der Waals surface area contributed by atoms with Gasteiger partial charge in [-0.2, -0.15) is 35.5 Å². The number of alkyl halides is 6. The van der Waals surface area contributed by atoms with Crippen LogP contribution in [0.4, 0.5) is 37.7 Å². The monoisotopic (exact) mass is 1150 g/mol. The fourth-order valence-electron chi connectivity index (χ4n) is 9.07. The Morgan fingerprint density at radius 1 is 0.537 bits per heavy atom. The molecule has 0 amide bonds. The summed E-state index contributed by atoms with van der Waals surface area (Å²) in [5, 5.41) is 4.06. The van der Waals surface area contributed by atoms with Crippen LogP contribution < -0.4 is 20.6 Å². The van der Waals surface area contributed by atoms with Crippen LogP contribution in [0.2, 0.25) is 0 Å². The van der Waals surface area contributed by atoms with Gasteiger partial charge < -0.3 is 20.6 Å². The van der Waals surface area contributed by atoms with E-state index in [1.807, 2.05) is 108 Å². The number of nitrogen functional groups attached to an aromatic ring is 2. The van der Waals surface area contributed by atoms with Gasteiger partial charge in [-0.3, -0.25) is 9.59 Å². The van der Waals surface area contributed by atoms with Crippen LogP contribution in [0.15, 0.2) is 203 Å². The van der Waals surface area contributed by atoms with E-state index in [4.69, 9.17) is 37.4 Å². The standard InChI is InChI=1S/C58H66N4O2.2CHF3O3S/c1-39(21-17-23-41(3)29-31-49-43(5)55(63)53(33-57(49,7)8)61-35-45-25-13-15-27-47(45)51(59)37-61)19-11-12-20-40(2)22-18-24-42(4)30-32-50-44(6)56(64)54(34-58(50,9)10)62-36-46-26-14-16-28-48(46)52(60)38-62;2*2-1(3,4)8(5,6)7/h11-32,35-38,53-54H,33-34,59-60H2,1-10H3;2*(H,5,6,7)/q+2;;/p-2/b12-11+,21-17+,22-18+,31-29+,32-30+,39-19+,40-20+,41-23+,42-24+;;. The Kier molecular flexibility index (Phi) is 21.5. The number of hydrogen-bond acceptors (Lipinski definition) is 10. The Morgan fingerprint density at radius 3 is 1.14 bits per heavy atom. The maximum Gasteiger partial charge on any atom is 0.485 e. The molecule has 4 N–H and O–H groups in total. The summed E-state index contributed by atoms with van der Waals surface area (Å²) in [6, 6.07) is 15.5. The molecule has 2 heterocycles. The zero-order chi connectivity index (χ0) is 60.3. The maximum atomic E-state index is 13.7. The van der Waals surface area contributed by atoms with Gasteiger partial charge in [0.1, 0.15) is 11.4 Å². The molecule has 2 atom stereocenters. The molecule has 2 aromatic heterocycles. The molecule has 2 aliphatic carbocycles. The number of allylic oxidation sites excluding steroid dienone is 22. The molecule has 20 heteroatoms. The number of hydrogen-bond donors (Lipinski definition) is 2. The number of ketones is 2. The predicted octanol–water partition coefficient (Wildman–Crippen LogP) is 12.8. The number of fused-ring (bicyclic) bond motifs is 2. The highest BCUT2D eigenvalue weighted by Crippen LogP contribution is 2.44. The summed E-state index contributed by atoms with van der Waals surface area (Å²) >= 11 is 0. The van der Waals surface area contributed by atoms with Crippen LogP contribution in [0.1, 0.15) is 94.2 Å². The van der Waals surface area contributed by atoms with Gasteiger partial charge in [0.25, 0.3) is 0 Å². The number of benzene rings is 2. The summed E-state index contributed by atoms with van der Waals surface area (Å²) in [6.45, 7) is 21.1. The predicted molar refractivity (Wildman–Crippen MR) is 300 cm³/mol. The first-order chi connectivity index (χ1) is 36.9. The zero-order valence-electron chi connectivity index (χ0n) is 46.0. The molecule has 0 spiro atoms. The lowest BCUT2D eigenvalue weighted by Gasteiger charge is -2.34.